The summed E-state index contributed by atoms with van der Waals surface area (Å²) in [6.07, 6.45) is 3.34. The first-order valence-electron chi connectivity index (χ1n) is 9.62. The van der Waals surface area contributed by atoms with Crippen molar-refractivity contribution in [2.45, 2.75) is 63.1 Å². The normalized spacial score (nSPS) is 55.1. The minimum atomic E-state index is -1.64. The second kappa shape index (κ2) is 4.58. The molecule has 1 aromatic rings. The summed E-state index contributed by atoms with van der Waals surface area (Å²) in [5, 5.41) is 11.4. The predicted molar refractivity (Wildman–Crippen MR) is 88.1 cm³/mol. The van der Waals surface area contributed by atoms with Crippen molar-refractivity contribution in [2.75, 3.05) is 0 Å². The number of rotatable bonds is 1. The summed E-state index contributed by atoms with van der Waals surface area (Å²) in [6, 6.07) is 1.81. The quantitative estimate of drug-likeness (QED) is 0.590. The second-order valence-corrected chi connectivity index (χ2v) is 9.34. The fourth-order valence-corrected chi connectivity index (χ4v) is 6.93. The molecular formula is C20H22O7. The number of carbonyl (C=O) groups is 2. The lowest BCUT2D eigenvalue weighted by molar-refractivity contribution is -0.282. The molecular weight excluding hydrogens is 352 g/mol. The Morgan fingerprint density at radius 1 is 1.19 bits per heavy atom. The van der Waals surface area contributed by atoms with Gasteiger partial charge in [0.2, 0.25) is 0 Å². The zero-order valence-corrected chi connectivity index (χ0v) is 15.2. The molecule has 2 aliphatic carbocycles. The molecule has 7 nitrogen and oxygen atoms in total. The van der Waals surface area contributed by atoms with Gasteiger partial charge in [-0.25, -0.2) is 4.79 Å². The van der Waals surface area contributed by atoms with E-state index in [9.17, 15) is 14.7 Å². The Kier molecular flexibility index (Phi) is 2.73. The number of hydrogen-bond acceptors (Lipinski definition) is 7. The Labute approximate surface area is 155 Å². The van der Waals surface area contributed by atoms with Crippen LogP contribution in [-0.4, -0.2) is 41.0 Å². The number of cyclic esters (lactones) is 1. The van der Waals surface area contributed by atoms with E-state index in [4.69, 9.17) is 18.6 Å². The molecule has 1 N–H and O–H groups in total. The molecule has 2 saturated carbocycles. The zero-order chi connectivity index (χ0) is 18.8. The lowest BCUT2D eigenvalue weighted by atomic mass is 9.41. The van der Waals surface area contributed by atoms with Crippen molar-refractivity contribution in [1.29, 1.82) is 0 Å². The topological polar surface area (TPSA) is 98.5 Å². The lowest BCUT2D eigenvalue weighted by Crippen LogP contribution is -2.77. The maximum Gasteiger partial charge on any atom is 0.341 e. The van der Waals surface area contributed by atoms with Gasteiger partial charge in [0.05, 0.1) is 18.4 Å². The van der Waals surface area contributed by atoms with Crippen molar-refractivity contribution < 1.29 is 33.3 Å². The first kappa shape index (κ1) is 16.1. The molecule has 6 aliphatic rings. The number of fused-ring (bicyclic) bond motifs is 2. The zero-order valence-electron chi connectivity index (χ0n) is 15.2. The summed E-state index contributed by atoms with van der Waals surface area (Å²) in [6.45, 7) is 4.06. The summed E-state index contributed by atoms with van der Waals surface area (Å²) < 4.78 is 22.3. The molecule has 144 valence electrons. The Morgan fingerprint density at radius 3 is 2.74 bits per heavy atom. The molecule has 7 heteroatoms. The molecule has 2 bridgehead atoms. The Bertz CT molecular complexity index is 849. The molecule has 27 heavy (non-hydrogen) atoms. The molecule has 0 aromatic carbocycles. The molecule has 5 heterocycles. The fraction of sp³-hybridized carbons (Fsp3) is 0.700. The van der Waals surface area contributed by atoms with E-state index < -0.39 is 40.7 Å². The molecule has 6 fully saturated rings. The van der Waals surface area contributed by atoms with Gasteiger partial charge in [-0.05, 0) is 30.7 Å². The van der Waals surface area contributed by atoms with E-state index in [2.05, 4.69) is 6.92 Å². The largest absolute Gasteiger partial charge is 0.472 e. The van der Waals surface area contributed by atoms with E-state index in [0.29, 0.717) is 19.3 Å². The van der Waals surface area contributed by atoms with Gasteiger partial charge in [0, 0.05) is 16.9 Å². The Balaban J connectivity index is 1.48. The van der Waals surface area contributed by atoms with Crippen molar-refractivity contribution in [3.63, 3.8) is 0 Å². The van der Waals surface area contributed by atoms with Crippen LogP contribution >= 0.6 is 0 Å². The number of hydrogen-bond donors (Lipinski definition) is 1. The molecule has 0 unspecified atom stereocenters. The van der Waals surface area contributed by atoms with E-state index in [1.165, 1.54) is 0 Å². The van der Waals surface area contributed by atoms with Gasteiger partial charge in [-0.1, -0.05) is 13.8 Å². The number of carbonyl (C=O) groups excluding carboxylic acids is 2. The van der Waals surface area contributed by atoms with Crippen LogP contribution in [0.5, 0.6) is 0 Å². The van der Waals surface area contributed by atoms with Gasteiger partial charge in [0.15, 0.2) is 5.60 Å². The van der Waals surface area contributed by atoms with E-state index in [-0.39, 0.29) is 23.9 Å². The van der Waals surface area contributed by atoms with Crippen LogP contribution in [0.4, 0.5) is 0 Å². The minimum Gasteiger partial charge on any atom is -0.472 e. The third-order valence-corrected chi connectivity index (χ3v) is 8.24. The van der Waals surface area contributed by atoms with Gasteiger partial charge in [0.25, 0.3) is 0 Å². The molecule has 7 rings (SSSR count). The van der Waals surface area contributed by atoms with Crippen molar-refractivity contribution in [2.24, 2.45) is 22.7 Å². The second-order valence-electron chi connectivity index (χ2n) is 9.34. The molecule has 4 aliphatic heterocycles. The van der Waals surface area contributed by atoms with Crippen molar-refractivity contribution in [3.8, 4) is 0 Å². The summed E-state index contributed by atoms with van der Waals surface area (Å²) in [5.74, 6) is -1.24. The maximum absolute atomic E-state index is 12.9. The number of furan rings is 1. The highest BCUT2D eigenvalue weighted by atomic mass is 16.7. The first-order valence-corrected chi connectivity index (χ1v) is 9.62. The van der Waals surface area contributed by atoms with Gasteiger partial charge in [-0.3, -0.25) is 4.79 Å². The highest BCUT2D eigenvalue weighted by Gasteiger charge is 2.84. The first-order chi connectivity index (χ1) is 12.8. The third kappa shape index (κ3) is 1.63. The molecule has 0 amide bonds. The third-order valence-electron chi connectivity index (χ3n) is 8.24. The summed E-state index contributed by atoms with van der Waals surface area (Å²) in [5.41, 5.74) is -1.97. The van der Waals surface area contributed by atoms with E-state index in [1.54, 1.807) is 12.5 Å². The van der Waals surface area contributed by atoms with Gasteiger partial charge in [-0.2, -0.15) is 0 Å². The molecule has 0 radical (unpaired) electrons. The SMILES string of the molecule is C[C@@]12C[C@H](c3ccoc3)OC(=O)[C@@H]1CC[C@]1(C)[C@H]2[C@H]2OC(=O)[C@@]1(O)[C@H]1O[C@@H]21. The van der Waals surface area contributed by atoms with Crippen LogP contribution in [0.25, 0.3) is 0 Å². The fourth-order valence-electron chi connectivity index (χ4n) is 6.93. The minimum absolute atomic E-state index is 0.169. The lowest BCUT2D eigenvalue weighted by Gasteiger charge is -2.66. The Morgan fingerprint density at radius 2 is 2.00 bits per heavy atom. The molecule has 1 aromatic heterocycles. The average molecular weight is 374 g/mol. The Hall–Kier alpha value is -1.86. The van der Waals surface area contributed by atoms with Crippen molar-refractivity contribution >= 4 is 11.9 Å². The van der Waals surface area contributed by atoms with Crippen LogP contribution in [0.2, 0.25) is 0 Å². The number of epoxide rings is 1. The summed E-state index contributed by atoms with van der Waals surface area (Å²) >= 11 is 0. The standard InChI is InChI=1S/C20H22O7/c1-18-7-11(9-4-6-24-8-9)25-16(21)10(18)3-5-19(2)14(18)12-13-15(26-13)20(19,23)17(22)27-12/h4,6,8,10-15,23H,3,5,7H2,1-2H3/t10-,11+,12-,13-,14-,15-,18+,19+,20-/m0/s1. The number of aliphatic hydroxyl groups is 1. The molecule has 9 atom stereocenters. The van der Waals surface area contributed by atoms with Crippen LogP contribution in [0.1, 0.15) is 44.8 Å². The van der Waals surface area contributed by atoms with Crippen LogP contribution in [0.3, 0.4) is 0 Å². The predicted octanol–water partition coefficient (Wildman–Crippen LogP) is 1.74. The smallest absolute Gasteiger partial charge is 0.341 e. The molecule has 4 saturated heterocycles. The van der Waals surface area contributed by atoms with Crippen molar-refractivity contribution in [1.82, 2.24) is 0 Å². The monoisotopic (exact) mass is 374 g/mol. The van der Waals surface area contributed by atoms with Gasteiger partial charge >= 0.3 is 11.9 Å². The van der Waals surface area contributed by atoms with Gasteiger partial charge in [0.1, 0.15) is 24.4 Å². The van der Waals surface area contributed by atoms with E-state index in [0.717, 1.165) is 5.56 Å². The van der Waals surface area contributed by atoms with Crippen molar-refractivity contribution in [3.05, 3.63) is 24.2 Å². The van der Waals surface area contributed by atoms with Gasteiger partial charge < -0.3 is 23.7 Å². The maximum atomic E-state index is 12.9. The molecule has 0 spiro atoms. The van der Waals surface area contributed by atoms with Crippen LogP contribution in [0, 0.1) is 22.7 Å². The van der Waals surface area contributed by atoms with Crippen LogP contribution in [-0.2, 0) is 23.8 Å². The van der Waals surface area contributed by atoms with Gasteiger partial charge in [-0.15, -0.1) is 0 Å². The number of ether oxygens (including phenoxy) is 3. The summed E-state index contributed by atoms with van der Waals surface area (Å²) in [7, 11) is 0. The number of esters is 2. The van der Waals surface area contributed by atoms with Crippen LogP contribution in [0.15, 0.2) is 23.0 Å². The highest BCUT2D eigenvalue weighted by Crippen LogP contribution is 2.72. The average Bonchev–Trinajstić information content (AvgIpc) is 3.24. The van der Waals surface area contributed by atoms with Crippen LogP contribution < -0.4 is 0 Å². The summed E-state index contributed by atoms with van der Waals surface area (Å²) in [4.78, 5) is 25.5. The highest BCUT2D eigenvalue weighted by molar-refractivity contribution is 5.85. The van der Waals surface area contributed by atoms with E-state index >= 15 is 0 Å². The van der Waals surface area contributed by atoms with E-state index in [1.807, 2.05) is 13.0 Å².